The molecular weight excluding hydrogens is 356 g/mol. The second kappa shape index (κ2) is 25.0. The van der Waals surface area contributed by atoms with E-state index in [0.29, 0.717) is 6.42 Å². The van der Waals surface area contributed by atoms with Crippen LogP contribution in [0.25, 0.3) is 0 Å². The Morgan fingerprint density at radius 2 is 0.931 bits per heavy atom. The molecule has 0 radical (unpaired) electrons. The van der Waals surface area contributed by atoms with Crippen molar-refractivity contribution in [2.24, 2.45) is 0 Å². The number of aliphatic carboxylic acids is 1. The maximum Gasteiger partial charge on any atom is 0.303 e. The van der Waals surface area contributed by atoms with E-state index in [1.807, 2.05) is 0 Å². The van der Waals surface area contributed by atoms with E-state index in [1.54, 1.807) is 0 Å². The van der Waals surface area contributed by atoms with Gasteiger partial charge in [-0.15, -0.1) is 0 Å². The van der Waals surface area contributed by atoms with Crippen LogP contribution in [0.5, 0.6) is 0 Å². The molecule has 0 amide bonds. The third-order valence-electron chi connectivity index (χ3n) is 5.59. The van der Waals surface area contributed by atoms with Gasteiger partial charge in [0.05, 0.1) is 0 Å². The number of hydrogen-bond acceptors (Lipinski definition) is 1. The molecule has 0 aromatic carbocycles. The number of carbonyl (C=O) groups is 1. The van der Waals surface area contributed by atoms with Gasteiger partial charge in [0, 0.05) is 6.42 Å². The summed E-state index contributed by atoms with van der Waals surface area (Å²) in [6.07, 6.45) is 35.6. The zero-order chi connectivity index (χ0) is 21.3. The molecule has 1 N–H and O–H groups in total. The molecule has 0 rings (SSSR count). The Balaban J connectivity index is 3.11. The fourth-order valence-corrected chi connectivity index (χ4v) is 3.68. The summed E-state index contributed by atoms with van der Waals surface area (Å²) in [5.41, 5.74) is 0. The second-order valence-corrected chi connectivity index (χ2v) is 8.56. The fraction of sp³-hybridized carbons (Fsp3) is 0.815. The monoisotopic (exact) mass is 406 g/mol. The molecule has 2 heteroatoms. The molecule has 0 aromatic rings. The van der Waals surface area contributed by atoms with E-state index in [9.17, 15) is 4.79 Å². The maximum atomic E-state index is 10.4. The van der Waals surface area contributed by atoms with Crippen molar-refractivity contribution in [3.63, 3.8) is 0 Å². The van der Waals surface area contributed by atoms with E-state index >= 15 is 0 Å². The van der Waals surface area contributed by atoms with Crippen molar-refractivity contribution in [3.8, 4) is 0 Å². The van der Waals surface area contributed by atoms with Crippen molar-refractivity contribution in [1.29, 1.82) is 0 Å². The van der Waals surface area contributed by atoms with Crippen LogP contribution in [0.2, 0.25) is 0 Å². The number of rotatable bonds is 23. The highest BCUT2D eigenvalue weighted by Crippen LogP contribution is 2.14. The summed E-state index contributed by atoms with van der Waals surface area (Å²) in [5.74, 6) is -0.654. The zero-order valence-electron chi connectivity index (χ0n) is 19.5. The highest BCUT2D eigenvalue weighted by molar-refractivity contribution is 5.66. The van der Waals surface area contributed by atoms with E-state index < -0.39 is 5.97 Å². The van der Waals surface area contributed by atoms with Crippen LogP contribution in [0.1, 0.15) is 142 Å². The number of carboxylic acids is 1. The van der Waals surface area contributed by atoms with Crippen LogP contribution in [0.3, 0.4) is 0 Å². The maximum absolute atomic E-state index is 10.4. The lowest BCUT2D eigenvalue weighted by Crippen LogP contribution is -1.93. The predicted octanol–water partition coefficient (Wildman–Crippen LogP) is 9.40. The minimum atomic E-state index is -0.654. The van der Waals surface area contributed by atoms with Crippen molar-refractivity contribution >= 4 is 5.97 Å². The van der Waals surface area contributed by atoms with E-state index in [1.165, 1.54) is 109 Å². The highest BCUT2D eigenvalue weighted by Gasteiger charge is 1.97. The number of unbranched alkanes of at least 4 members (excludes halogenated alkanes) is 17. The summed E-state index contributed by atoms with van der Waals surface area (Å²) in [7, 11) is 0. The van der Waals surface area contributed by atoms with Gasteiger partial charge in [-0.2, -0.15) is 0 Å². The first-order valence-corrected chi connectivity index (χ1v) is 12.8. The van der Waals surface area contributed by atoms with Gasteiger partial charge in [-0.1, -0.05) is 121 Å². The lowest BCUT2D eigenvalue weighted by Gasteiger charge is -2.03. The quantitative estimate of drug-likeness (QED) is 0.135. The van der Waals surface area contributed by atoms with Gasteiger partial charge in [0.1, 0.15) is 0 Å². The lowest BCUT2D eigenvalue weighted by atomic mass is 10.0. The summed E-state index contributed by atoms with van der Waals surface area (Å²) in [4.78, 5) is 10.4. The topological polar surface area (TPSA) is 37.3 Å². The predicted molar refractivity (Wildman–Crippen MR) is 129 cm³/mol. The van der Waals surface area contributed by atoms with Crippen molar-refractivity contribution < 1.29 is 9.90 Å². The summed E-state index contributed by atoms with van der Waals surface area (Å²) in [5, 5.41) is 8.59. The molecule has 0 bridgehead atoms. The SMILES string of the molecule is CCCCC/C=C\C/C=C\CCCCCCCCCCCCCCCCC(=O)O. The number of carboxylic acid groups (broad SMARTS) is 1. The third kappa shape index (κ3) is 26.9. The molecule has 170 valence electrons. The Morgan fingerprint density at radius 3 is 1.34 bits per heavy atom. The summed E-state index contributed by atoms with van der Waals surface area (Å²) >= 11 is 0. The molecule has 2 nitrogen and oxygen atoms in total. The average Bonchev–Trinajstić information content (AvgIpc) is 2.71. The Hall–Kier alpha value is -1.05. The van der Waals surface area contributed by atoms with Gasteiger partial charge in [-0.3, -0.25) is 4.79 Å². The van der Waals surface area contributed by atoms with Crippen LogP contribution in [-0.4, -0.2) is 11.1 Å². The van der Waals surface area contributed by atoms with Gasteiger partial charge in [0.15, 0.2) is 0 Å². The smallest absolute Gasteiger partial charge is 0.303 e. The van der Waals surface area contributed by atoms with Crippen molar-refractivity contribution in [2.75, 3.05) is 0 Å². The van der Waals surface area contributed by atoms with E-state index in [-0.39, 0.29) is 0 Å². The van der Waals surface area contributed by atoms with Crippen LogP contribution < -0.4 is 0 Å². The largest absolute Gasteiger partial charge is 0.481 e. The van der Waals surface area contributed by atoms with Crippen molar-refractivity contribution in [2.45, 2.75) is 142 Å². The second-order valence-electron chi connectivity index (χ2n) is 8.56. The van der Waals surface area contributed by atoms with Crippen LogP contribution in [-0.2, 0) is 4.79 Å². The first kappa shape index (κ1) is 27.9. The van der Waals surface area contributed by atoms with Crippen LogP contribution in [0, 0.1) is 0 Å². The molecule has 0 aliphatic heterocycles. The van der Waals surface area contributed by atoms with Gasteiger partial charge in [0.25, 0.3) is 0 Å². The van der Waals surface area contributed by atoms with Crippen LogP contribution >= 0.6 is 0 Å². The Bertz CT molecular complexity index is 384. The summed E-state index contributed by atoms with van der Waals surface area (Å²) < 4.78 is 0. The van der Waals surface area contributed by atoms with Gasteiger partial charge in [-0.05, 0) is 38.5 Å². The molecule has 29 heavy (non-hydrogen) atoms. The molecule has 0 aromatic heterocycles. The van der Waals surface area contributed by atoms with Crippen LogP contribution in [0.4, 0.5) is 0 Å². The van der Waals surface area contributed by atoms with E-state index in [4.69, 9.17) is 5.11 Å². The lowest BCUT2D eigenvalue weighted by molar-refractivity contribution is -0.137. The van der Waals surface area contributed by atoms with Gasteiger partial charge in [-0.25, -0.2) is 0 Å². The van der Waals surface area contributed by atoms with Gasteiger partial charge in [0.2, 0.25) is 0 Å². The summed E-state index contributed by atoms with van der Waals surface area (Å²) in [6.45, 7) is 2.26. The van der Waals surface area contributed by atoms with Crippen molar-refractivity contribution in [1.82, 2.24) is 0 Å². The molecule has 0 spiro atoms. The fourth-order valence-electron chi connectivity index (χ4n) is 3.68. The summed E-state index contributed by atoms with van der Waals surface area (Å²) in [6, 6.07) is 0. The molecule has 0 heterocycles. The van der Waals surface area contributed by atoms with Gasteiger partial charge < -0.3 is 5.11 Å². The molecule has 0 fully saturated rings. The molecular formula is C27H50O2. The highest BCUT2D eigenvalue weighted by atomic mass is 16.4. The third-order valence-corrected chi connectivity index (χ3v) is 5.59. The van der Waals surface area contributed by atoms with E-state index in [2.05, 4.69) is 31.2 Å². The molecule has 0 saturated heterocycles. The first-order chi connectivity index (χ1) is 14.3. The van der Waals surface area contributed by atoms with E-state index in [0.717, 1.165) is 19.3 Å². The molecule has 0 saturated carbocycles. The average molecular weight is 407 g/mol. The Kier molecular flexibility index (Phi) is 24.1. The Labute approximate surface area is 182 Å². The molecule has 0 unspecified atom stereocenters. The standard InChI is InChI=1S/C27H50O2/c1-2-3-4-5-6-7-8-9-10-11-12-13-14-15-16-17-18-19-20-21-22-23-24-25-26-27(28)29/h6-7,9-10H,2-5,8,11-26H2,1H3,(H,28,29)/b7-6-,10-9-. The van der Waals surface area contributed by atoms with Crippen molar-refractivity contribution in [3.05, 3.63) is 24.3 Å². The molecule has 0 atom stereocenters. The van der Waals surface area contributed by atoms with Gasteiger partial charge >= 0.3 is 5.97 Å². The zero-order valence-corrected chi connectivity index (χ0v) is 19.5. The number of allylic oxidation sites excluding steroid dienone is 4. The Morgan fingerprint density at radius 1 is 0.552 bits per heavy atom. The minimum absolute atomic E-state index is 0.341. The minimum Gasteiger partial charge on any atom is -0.481 e. The number of hydrogen-bond donors (Lipinski definition) is 1. The molecule has 0 aliphatic carbocycles. The molecule has 0 aliphatic rings. The normalized spacial score (nSPS) is 11.8. The first-order valence-electron chi connectivity index (χ1n) is 12.8. The van der Waals surface area contributed by atoms with Crippen LogP contribution in [0.15, 0.2) is 24.3 Å².